The largest absolute Gasteiger partial charge is 0.346 e. The first kappa shape index (κ1) is 20.4. The third-order valence-corrected chi connectivity index (χ3v) is 6.93. The molecule has 0 amide bonds. The summed E-state index contributed by atoms with van der Waals surface area (Å²) in [7, 11) is 0. The number of aromatic nitrogens is 7. The van der Waals surface area contributed by atoms with Gasteiger partial charge >= 0.3 is 0 Å². The van der Waals surface area contributed by atoms with Crippen molar-refractivity contribution in [3.8, 4) is 22.9 Å². The smallest absolute Gasteiger partial charge is 0.241 e. The number of hydrogen-bond acceptors (Lipinski definition) is 5. The van der Waals surface area contributed by atoms with Gasteiger partial charge in [-0.3, -0.25) is 14.0 Å². The van der Waals surface area contributed by atoms with Gasteiger partial charge < -0.3 is 4.98 Å². The number of rotatable bonds is 3. The van der Waals surface area contributed by atoms with Crippen LogP contribution in [0.25, 0.3) is 55.6 Å². The number of pyridine rings is 2. The van der Waals surface area contributed by atoms with Crippen LogP contribution < -0.4 is 0 Å². The van der Waals surface area contributed by atoms with Crippen LogP contribution in [0.3, 0.4) is 0 Å². The van der Waals surface area contributed by atoms with Crippen molar-refractivity contribution >= 4 is 38.7 Å². The average molecular weight is 469 g/mol. The van der Waals surface area contributed by atoms with Crippen LogP contribution in [0.15, 0.2) is 79.5 Å². The van der Waals surface area contributed by atoms with Crippen LogP contribution in [0, 0.1) is 11.3 Å². The molecule has 1 N–H and O–H groups in total. The number of nitriles is 1. The van der Waals surface area contributed by atoms with Crippen molar-refractivity contribution in [2.24, 2.45) is 0 Å². The van der Waals surface area contributed by atoms with Crippen LogP contribution >= 0.6 is 0 Å². The lowest BCUT2D eigenvalue weighted by molar-refractivity contribution is 0.687. The molecule has 0 atom stereocenters. The summed E-state index contributed by atoms with van der Waals surface area (Å²) in [6.07, 6.45) is 7.31. The van der Waals surface area contributed by atoms with Gasteiger partial charge in [-0.25, -0.2) is 4.98 Å². The summed E-state index contributed by atoms with van der Waals surface area (Å²) in [5.41, 5.74) is 7.19. The molecule has 5 aromatic heterocycles. The predicted molar refractivity (Wildman–Crippen MR) is 139 cm³/mol. The Kier molecular flexibility index (Phi) is 4.09. The van der Waals surface area contributed by atoms with Gasteiger partial charge in [0.15, 0.2) is 0 Å². The second kappa shape index (κ2) is 7.23. The van der Waals surface area contributed by atoms with Crippen LogP contribution in [0.4, 0.5) is 0 Å². The molecule has 0 saturated carbocycles. The SMILES string of the molecule is CC(C)(C#N)c1ccc(-n2c3c4cc(-c5ccnc6[nH]ccc56)ccc4ncc3n3cnnc23)cc1. The number of fused-ring (bicyclic) bond motifs is 6. The molecule has 8 nitrogen and oxygen atoms in total. The third-order valence-electron chi connectivity index (χ3n) is 6.93. The highest BCUT2D eigenvalue weighted by atomic mass is 15.3. The maximum absolute atomic E-state index is 9.56. The van der Waals surface area contributed by atoms with Crippen molar-refractivity contribution in [2.45, 2.75) is 19.3 Å². The minimum Gasteiger partial charge on any atom is -0.346 e. The molecular formula is C28H20N8. The number of H-pyrrole nitrogens is 1. The summed E-state index contributed by atoms with van der Waals surface area (Å²) in [6.45, 7) is 3.84. The Morgan fingerprint density at radius 2 is 1.83 bits per heavy atom. The fourth-order valence-electron chi connectivity index (χ4n) is 4.95. The van der Waals surface area contributed by atoms with Gasteiger partial charge in [0.05, 0.1) is 34.2 Å². The van der Waals surface area contributed by atoms with E-state index in [0.717, 1.165) is 55.3 Å². The van der Waals surface area contributed by atoms with Crippen molar-refractivity contribution in [2.75, 3.05) is 0 Å². The fraction of sp³-hybridized carbons (Fsp3) is 0.107. The van der Waals surface area contributed by atoms with Gasteiger partial charge in [-0.2, -0.15) is 5.26 Å². The Morgan fingerprint density at radius 1 is 0.972 bits per heavy atom. The van der Waals surface area contributed by atoms with Gasteiger partial charge in [-0.15, -0.1) is 10.2 Å². The standard InChI is InChI=1S/C28H20N8/c1-28(2,15-29)18-4-6-19(7-5-18)36-25-22-13-17(20-9-11-30-26-21(20)10-12-31-26)3-8-23(22)32-14-24(25)35-16-33-34-27(35)36/h3-14,16H,1-2H3,(H,30,31). The molecule has 0 saturated heterocycles. The van der Waals surface area contributed by atoms with Crippen LogP contribution in [0.1, 0.15) is 19.4 Å². The van der Waals surface area contributed by atoms with E-state index in [4.69, 9.17) is 4.98 Å². The molecule has 7 rings (SSSR count). The molecular weight excluding hydrogens is 448 g/mol. The lowest BCUT2D eigenvalue weighted by Gasteiger charge is -2.16. The van der Waals surface area contributed by atoms with Gasteiger partial charge in [-0.05, 0) is 66.9 Å². The molecule has 0 bridgehead atoms. The topological polar surface area (TPSA) is 100 Å². The molecule has 172 valence electrons. The Bertz CT molecular complexity index is 1980. The highest BCUT2D eigenvalue weighted by Crippen LogP contribution is 2.34. The molecule has 7 aromatic rings. The Morgan fingerprint density at radius 3 is 2.67 bits per heavy atom. The van der Waals surface area contributed by atoms with Crippen molar-refractivity contribution < 1.29 is 0 Å². The van der Waals surface area contributed by atoms with E-state index >= 15 is 0 Å². The van der Waals surface area contributed by atoms with Gasteiger partial charge in [0, 0.05) is 28.9 Å². The normalized spacial score (nSPS) is 12.1. The molecule has 5 heterocycles. The van der Waals surface area contributed by atoms with Crippen molar-refractivity contribution in [3.63, 3.8) is 0 Å². The maximum atomic E-state index is 9.56. The first-order valence-electron chi connectivity index (χ1n) is 11.6. The number of aromatic amines is 1. The maximum Gasteiger partial charge on any atom is 0.241 e. The van der Waals surface area contributed by atoms with E-state index in [1.54, 1.807) is 6.33 Å². The van der Waals surface area contributed by atoms with Gasteiger partial charge in [0.1, 0.15) is 12.0 Å². The minimum absolute atomic E-state index is 0.568. The zero-order valence-corrected chi connectivity index (χ0v) is 19.6. The monoisotopic (exact) mass is 468 g/mol. The van der Waals surface area contributed by atoms with E-state index in [-0.39, 0.29) is 0 Å². The second-order valence-electron chi connectivity index (χ2n) is 9.44. The van der Waals surface area contributed by atoms with Crippen LogP contribution in [-0.4, -0.2) is 34.1 Å². The zero-order valence-electron chi connectivity index (χ0n) is 19.6. The molecule has 0 aliphatic heterocycles. The first-order valence-corrected chi connectivity index (χ1v) is 11.6. The van der Waals surface area contributed by atoms with Crippen molar-refractivity contribution in [1.29, 1.82) is 5.26 Å². The van der Waals surface area contributed by atoms with E-state index in [9.17, 15) is 5.26 Å². The molecule has 0 aliphatic rings. The molecule has 8 heteroatoms. The van der Waals surface area contributed by atoms with E-state index in [2.05, 4.69) is 49.0 Å². The number of benzene rings is 2. The summed E-state index contributed by atoms with van der Waals surface area (Å²) in [5.74, 6) is 0.703. The summed E-state index contributed by atoms with van der Waals surface area (Å²) in [6, 6.07) is 20.9. The number of nitrogens with zero attached hydrogens (tertiary/aromatic N) is 7. The molecule has 2 aromatic carbocycles. The minimum atomic E-state index is -0.568. The molecule has 0 spiro atoms. The average Bonchev–Trinajstić information content (AvgIpc) is 3.64. The number of imidazole rings is 1. The second-order valence-corrected chi connectivity index (χ2v) is 9.44. The number of hydrogen-bond donors (Lipinski definition) is 1. The molecule has 36 heavy (non-hydrogen) atoms. The van der Waals surface area contributed by atoms with Gasteiger partial charge in [0.2, 0.25) is 5.78 Å². The summed E-state index contributed by atoms with van der Waals surface area (Å²) < 4.78 is 4.07. The van der Waals surface area contributed by atoms with E-state index < -0.39 is 5.41 Å². The molecule has 0 aliphatic carbocycles. The number of nitrogens with one attached hydrogen (secondary N) is 1. The van der Waals surface area contributed by atoms with Crippen molar-refractivity contribution in [3.05, 3.63) is 85.1 Å². The van der Waals surface area contributed by atoms with Gasteiger partial charge in [-0.1, -0.05) is 18.2 Å². The summed E-state index contributed by atoms with van der Waals surface area (Å²) in [5, 5.41) is 20.2. The highest BCUT2D eigenvalue weighted by Gasteiger charge is 2.21. The van der Waals surface area contributed by atoms with E-state index in [0.29, 0.717) is 5.78 Å². The molecule has 0 fully saturated rings. The van der Waals surface area contributed by atoms with Crippen LogP contribution in [0.2, 0.25) is 0 Å². The van der Waals surface area contributed by atoms with E-state index in [1.165, 1.54) is 0 Å². The molecule has 0 unspecified atom stereocenters. The highest BCUT2D eigenvalue weighted by molar-refractivity contribution is 6.07. The lowest BCUT2D eigenvalue weighted by atomic mass is 9.86. The van der Waals surface area contributed by atoms with E-state index in [1.807, 2.05) is 73.2 Å². The Labute approximate surface area is 205 Å². The molecule has 0 radical (unpaired) electrons. The zero-order chi connectivity index (χ0) is 24.4. The predicted octanol–water partition coefficient (Wildman–Crippen LogP) is 5.57. The summed E-state index contributed by atoms with van der Waals surface area (Å²) in [4.78, 5) is 12.4. The Hall–Kier alpha value is -5.03. The quantitative estimate of drug-likeness (QED) is 0.366. The summed E-state index contributed by atoms with van der Waals surface area (Å²) >= 11 is 0. The van der Waals surface area contributed by atoms with Crippen LogP contribution in [-0.2, 0) is 5.41 Å². The first-order chi connectivity index (χ1) is 17.5. The fourth-order valence-corrected chi connectivity index (χ4v) is 4.95. The lowest BCUT2D eigenvalue weighted by Crippen LogP contribution is -2.13. The van der Waals surface area contributed by atoms with Gasteiger partial charge in [0.25, 0.3) is 0 Å². The van der Waals surface area contributed by atoms with Crippen LogP contribution in [0.5, 0.6) is 0 Å². The third kappa shape index (κ3) is 2.80. The van der Waals surface area contributed by atoms with Crippen molar-refractivity contribution in [1.82, 2.24) is 34.1 Å². The Balaban J connectivity index is 1.53.